The second kappa shape index (κ2) is 25.7. The van der Waals surface area contributed by atoms with Gasteiger partial charge in [-0.3, -0.25) is 52.3 Å². The Hall–Kier alpha value is -0.480. The van der Waals surface area contributed by atoms with Crippen LogP contribution in [0.5, 0.6) is 0 Å². The zero-order chi connectivity index (χ0) is 52.9. The standard InChI is InChI=1S/C68H120N12/c1-6-22-43(23-7-1)61-73-62(44-24-8-2-9-25-44)76-66(75-61)52-38-40-69-65(71-52)51-42-57-58(50-34-18-21-37-56(50)79(57)47-30-14-5-15-31-47)59(60(51)80-54-35-19-16-32-48(54)49-33-17-20-36-55(49)80)68-70-41-39-53(72-68)67-77-63(45-26-10-3-11-27-45)74-64(78-67)46-28-12-4-13-29-46/h43-78H,1-42H2. The van der Waals surface area contributed by atoms with Gasteiger partial charge in [0.1, 0.15) is 0 Å². The van der Waals surface area contributed by atoms with Crippen LogP contribution in [-0.2, 0) is 0 Å². The van der Waals surface area contributed by atoms with E-state index in [0.717, 1.165) is 84.6 Å². The lowest BCUT2D eigenvalue weighted by atomic mass is 9.60. The highest BCUT2D eigenvalue weighted by atomic mass is 15.4. The molecule has 19 atom stereocenters. The van der Waals surface area contributed by atoms with Crippen LogP contribution in [0.1, 0.15) is 257 Å². The Morgan fingerprint density at radius 3 is 1.06 bits per heavy atom. The predicted octanol–water partition coefficient (Wildman–Crippen LogP) is 10.0. The molecule has 6 heterocycles. The lowest BCUT2D eigenvalue weighted by molar-refractivity contribution is -0.0895. The molecular formula is C68H120N12. The molecule has 6 saturated heterocycles. The largest absolute Gasteiger partial charge is 0.302 e. The van der Waals surface area contributed by atoms with Crippen LogP contribution in [-0.4, -0.2) is 121 Å². The molecule has 12 nitrogen and oxygen atoms in total. The minimum atomic E-state index is 0.303. The summed E-state index contributed by atoms with van der Waals surface area (Å²) in [6.45, 7) is 2.27. The average molecular weight is 1110 g/mol. The van der Waals surface area contributed by atoms with Crippen LogP contribution in [0, 0.1) is 59.2 Å². The van der Waals surface area contributed by atoms with Gasteiger partial charge in [0.2, 0.25) is 0 Å². The fourth-order valence-electron chi connectivity index (χ4n) is 23.7. The molecule has 0 amide bonds. The van der Waals surface area contributed by atoms with Crippen LogP contribution < -0.4 is 53.2 Å². The Kier molecular flexibility index (Phi) is 18.0. The van der Waals surface area contributed by atoms with E-state index >= 15 is 0 Å². The van der Waals surface area contributed by atoms with Crippen LogP contribution in [0.15, 0.2) is 0 Å². The summed E-state index contributed by atoms with van der Waals surface area (Å²) in [5.74, 6) is 7.55. The SMILES string of the molecule is C1CCC(C2NC(C3CCCCC3)NC(C3CCNC(C4CC5C(C6CCCCC6N5C5CCCCC5)C(C5NCCC(C6NC(C7CCCCC7)NC(C7CCCCC7)N6)N5)C4N4C5CCCCC5C5CCCCC54)N3)N2)CC1. The fourth-order valence-corrected chi connectivity index (χ4v) is 23.7. The number of nitrogens with zero attached hydrogens (tertiary/aromatic N) is 2. The van der Waals surface area contributed by atoms with Crippen molar-refractivity contribution in [1.29, 1.82) is 0 Å². The highest BCUT2D eigenvalue weighted by molar-refractivity contribution is 5.19. The Morgan fingerprint density at radius 2 is 0.600 bits per heavy atom. The summed E-state index contributed by atoms with van der Waals surface area (Å²) in [6, 6.07) is 5.18. The number of fused-ring (bicyclic) bond motifs is 6. The third kappa shape index (κ3) is 11.3. The maximum atomic E-state index is 4.82. The van der Waals surface area contributed by atoms with E-state index in [9.17, 15) is 0 Å². The summed E-state index contributed by atoms with van der Waals surface area (Å²) in [5, 5.41) is 45.0. The molecule has 0 aromatic carbocycles. The van der Waals surface area contributed by atoms with Crippen LogP contribution in [0.4, 0.5) is 0 Å². The third-order valence-electron chi connectivity index (χ3n) is 27.2. The molecule has 0 aromatic rings. The molecule has 15 rings (SSSR count). The first-order chi connectivity index (χ1) is 39.7. The van der Waals surface area contributed by atoms with Gasteiger partial charge in [-0.15, -0.1) is 0 Å². The number of hydrogen-bond acceptors (Lipinski definition) is 12. The zero-order valence-corrected chi connectivity index (χ0v) is 50.6. The van der Waals surface area contributed by atoms with E-state index in [4.69, 9.17) is 10.6 Å². The molecule has 12 heteroatoms. The van der Waals surface area contributed by atoms with Gasteiger partial charge in [0.25, 0.3) is 0 Å². The van der Waals surface area contributed by atoms with Gasteiger partial charge in [-0.05, 0) is 182 Å². The third-order valence-corrected chi connectivity index (χ3v) is 27.2. The van der Waals surface area contributed by atoms with Crippen LogP contribution in [0.25, 0.3) is 0 Å². The maximum absolute atomic E-state index is 4.82. The van der Waals surface area contributed by atoms with Crippen molar-refractivity contribution in [2.24, 2.45) is 59.2 Å². The Morgan fingerprint density at radius 1 is 0.237 bits per heavy atom. The van der Waals surface area contributed by atoms with E-state index in [2.05, 4.69) is 52.3 Å². The Bertz CT molecular complexity index is 1870. The second-order valence-electron chi connectivity index (χ2n) is 31.3. The smallest absolute Gasteiger partial charge is 0.0755 e. The Balaban J connectivity index is 0.805. The van der Waals surface area contributed by atoms with Crippen molar-refractivity contribution in [1.82, 2.24) is 63.0 Å². The van der Waals surface area contributed by atoms with E-state index in [-0.39, 0.29) is 0 Å². The van der Waals surface area contributed by atoms with Gasteiger partial charge < -0.3 is 10.6 Å². The predicted molar refractivity (Wildman–Crippen MR) is 325 cm³/mol. The average Bonchev–Trinajstić information content (AvgIpc) is 4.27. The van der Waals surface area contributed by atoms with Gasteiger partial charge >= 0.3 is 0 Å². The summed E-state index contributed by atoms with van der Waals surface area (Å²) in [5.41, 5.74) is 0. The number of hydrogen-bond donors (Lipinski definition) is 10. The molecule has 80 heavy (non-hydrogen) atoms. The zero-order valence-electron chi connectivity index (χ0n) is 50.6. The first kappa shape index (κ1) is 56.1. The van der Waals surface area contributed by atoms with Crippen LogP contribution in [0.3, 0.4) is 0 Å². The molecule has 15 aliphatic rings. The number of rotatable bonds is 10. The molecule has 9 aliphatic carbocycles. The first-order valence-electron chi connectivity index (χ1n) is 36.8. The highest BCUT2D eigenvalue weighted by Crippen LogP contribution is 2.60. The van der Waals surface area contributed by atoms with E-state index < -0.39 is 0 Å². The van der Waals surface area contributed by atoms with Gasteiger partial charge in [0, 0.05) is 60.2 Å². The molecule has 19 unspecified atom stereocenters. The van der Waals surface area contributed by atoms with Crippen molar-refractivity contribution < 1.29 is 0 Å². The first-order valence-corrected chi connectivity index (χ1v) is 36.8. The van der Waals surface area contributed by atoms with E-state index in [1.54, 1.807) is 0 Å². The minimum Gasteiger partial charge on any atom is -0.302 e. The number of likely N-dealkylation sites (tertiary alicyclic amines) is 2. The normalized spacial score (nSPS) is 48.7. The van der Waals surface area contributed by atoms with Gasteiger partial charge in [0.05, 0.1) is 49.3 Å². The maximum Gasteiger partial charge on any atom is 0.0755 e. The van der Waals surface area contributed by atoms with Gasteiger partial charge in [-0.1, -0.05) is 135 Å². The molecule has 10 N–H and O–H groups in total. The molecular weight excluding hydrogens is 985 g/mol. The highest BCUT2D eigenvalue weighted by Gasteiger charge is 2.65. The summed E-state index contributed by atoms with van der Waals surface area (Å²) in [4.78, 5) is 6.92. The van der Waals surface area contributed by atoms with Gasteiger partial charge in [-0.2, -0.15) is 0 Å². The topological polar surface area (TPSA) is 127 Å². The van der Waals surface area contributed by atoms with E-state index in [1.807, 2.05) is 0 Å². The second-order valence-corrected chi connectivity index (χ2v) is 31.3. The minimum absolute atomic E-state index is 0.303. The summed E-state index contributed by atoms with van der Waals surface area (Å²) < 4.78 is 0. The van der Waals surface area contributed by atoms with E-state index in [1.165, 1.54) is 257 Å². The quantitative estimate of drug-likeness (QED) is 0.102. The molecule has 15 fully saturated rings. The van der Waals surface area contributed by atoms with Crippen molar-refractivity contribution in [3.8, 4) is 0 Å². The van der Waals surface area contributed by atoms with E-state index in [0.29, 0.717) is 85.3 Å². The summed E-state index contributed by atoms with van der Waals surface area (Å²) in [7, 11) is 0. The monoisotopic (exact) mass is 1100 g/mol. The lowest BCUT2D eigenvalue weighted by Crippen LogP contribution is -2.79. The molecule has 6 aliphatic heterocycles. The molecule has 0 aromatic heterocycles. The van der Waals surface area contributed by atoms with Crippen LogP contribution in [0.2, 0.25) is 0 Å². The van der Waals surface area contributed by atoms with Crippen molar-refractivity contribution in [3.05, 3.63) is 0 Å². The van der Waals surface area contributed by atoms with Gasteiger partial charge in [-0.25, -0.2) is 0 Å². The fraction of sp³-hybridized carbons (Fsp3) is 1.00. The van der Waals surface area contributed by atoms with Crippen LogP contribution >= 0.6 is 0 Å². The van der Waals surface area contributed by atoms with Crippen molar-refractivity contribution >= 4 is 0 Å². The van der Waals surface area contributed by atoms with Crippen molar-refractivity contribution in [2.75, 3.05) is 13.1 Å². The summed E-state index contributed by atoms with van der Waals surface area (Å²) in [6.07, 6.45) is 59.7. The molecule has 9 saturated carbocycles. The van der Waals surface area contributed by atoms with Crippen molar-refractivity contribution in [3.63, 3.8) is 0 Å². The van der Waals surface area contributed by atoms with Gasteiger partial charge in [0.15, 0.2) is 0 Å². The molecule has 452 valence electrons. The molecule has 0 radical (unpaired) electrons. The Labute approximate surface area is 487 Å². The lowest BCUT2D eigenvalue weighted by Gasteiger charge is -2.60. The summed E-state index contributed by atoms with van der Waals surface area (Å²) >= 11 is 0. The van der Waals surface area contributed by atoms with Crippen molar-refractivity contribution in [2.45, 2.75) is 354 Å². The number of nitrogens with one attached hydrogen (secondary N) is 10. The molecule has 0 bridgehead atoms. The molecule has 0 spiro atoms.